The van der Waals surface area contributed by atoms with Gasteiger partial charge in [-0.2, -0.15) is 5.10 Å². The molecule has 0 unspecified atom stereocenters. The van der Waals surface area contributed by atoms with Crippen molar-refractivity contribution in [3.05, 3.63) is 54.2 Å². The van der Waals surface area contributed by atoms with Crippen molar-refractivity contribution in [3.63, 3.8) is 0 Å². The predicted molar refractivity (Wildman–Crippen MR) is 71.9 cm³/mol. The zero-order chi connectivity index (χ0) is 12.5. The number of hydrogen-bond acceptors (Lipinski definition) is 2. The van der Waals surface area contributed by atoms with Gasteiger partial charge in [0.05, 0.1) is 18.3 Å². The summed E-state index contributed by atoms with van der Waals surface area (Å²) < 4.78 is 7.27. The van der Waals surface area contributed by atoms with E-state index in [9.17, 15) is 0 Å². The highest BCUT2D eigenvalue weighted by Crippen LogP contribution is 2.30. The molecule has 3 heteroatoms. The van der Waals surface area contributed by atoms with E-state index in [2.05, 4.69) is 24.2 Å². The molecule has 0 amide bonds. The van der Waals surface area contributed by atoms with E-state index in [0.717, 1.165) is 22.5 Å². The Hall–Kier alpha value is -2.29. The average Bonchev–Trinajstić information content (AvgIpc) is 2.82. The second kappa shape index (κ2) is 4.18. The van der Waals surface area contributed by atoms with Gasteiger partial charge in [-0.3, -0.25) is 0 Å². The normalized spacial score (nSPS) is 10.8. The summed E-state index contributed by atoms with van der Waals surface area (Å²) in [7, 11) is 1.68. The van der Waals surface area contributed by atoms with Crippen molar-refractivity contribution in [3.8, 4) is 17.0 Å². The Morgan fingerprint density at radius 2 is 2.00 bits per heavy atom. The standard InChI is InChI=1S/C15H14N2O/c1-11-6-7-15(18-2)13(9-11)14-10-12-5-3-4-8-17(12)16-14/h3-10H,1-2H3. The Kier molecular flexibility index (Phi) is 2.52. The molecule has 3 aromatic rings. The van der Waals surface area contributed by atoms with Gasteiger partial charge in [-0.25, -0.2) is 4.52 Å². The van der Waals surface area contributed by atoms with Crippen LogP contribution in [0.15, 0.2) is 48.7 Å². The van der Waals surface area contributed by atoms with Crippen LogP contribution >= 0.6 is 0 Å². The summed E-state index contributed by atoms with van der Waals surface area (Å²) in [6.07, 6.45) is 1.95. The zero-order valence-corrected chi connectivity index (χ0v) is 10.4. The summed E-state index contributed by atoms with van der Waals surface area (Å²) in [5.74, 6) is 0.851. The molecule has 3 rings (SSSR count). The molecule has 90 valence electrons. The number of rotatable bonds is 2. The van der Waals surface area contributed by atoms with Crippen molar-refractivity contribution < 1.29 is 4.74 Å². The van der Waals surface area contributed by atoms with Gasteiger partial charge in [-0.15, -0.1) is 0 Å². The summed E-state index contributed by atoms with van der Waals surface area (Å²) in [5.41, 5.74) is 4.24. The molecular weight excluding hydrogens is 224 g/mol. The summed E-state index contributed by atoms with van der Waals surface area (Å²) in [6.45, 7) is 2.07. The molecule has 0 spiro atoms. The van der Waals surface area contributed by atoms with Crippen LogP contribution in [0.5, 0.6) is 5.75 Å². The summed E-state index contributed by atoms with van der Waals surface area (Å²) in [6, 6.07) is 14.2. The van der Waals surface area contributed by atoms with Crippen LogP contribution in [0.4, 0.5) is 0 Å². The van der Waals surface area contributed by atoms with Crippen LogP contribution in [0.1, 0.15) is 5.56 Å². The van der Waals surface area contributed by atoms with E-state index in [1.54, 1.807) is 7.11 Å². The van der Waals surface area contributed by atoms with Crippen LogP contribution in [-0.4, -0.2) is 16.7 Å². The molecule has 0 fully saturated rings. The number of pyridine rings is 1. The third-order valence-corrected chi connectivity index (χ3v) is 3.00. The SMILES string of the molecule is COc1ccc(C)cc1-c1cc2ccccn2n1. The molecular formula is C15H14N2O. The third kappa shape index (κ3) is 1.74. The quantitative estimate of drug-likeness (QED) is 0.684. The Morgan fingerprint density at radius 3 is 2.78 bits per heavy atom. The Morgan fingerprint density at radius 1 is 1.11 bits per heavy atom. The van der Waals surface area contributed by atoms with Crippen molar-refractivity contribution >= 4 is 5.52 Å². The Bertz CT molecular complexity index is 668. The summed E-state index contributed by atoms with van der Waals surface area (Å²) in [5, 5.41) is 4.57. The lowest BCUT2D eigenvalue weighted by Gasteiger charge is -2.06. The van der Waals surface area contributed by atoms with E-state index in [1.165, 1.54) is 5.56 Å². The number of aromatic nitrogens is 2. The third-order valence-electron chi connectivity index (χ3n) is 3.00. The molecule has 0 aliphatic carbocycles. The molecule has 18 heavy (non-hydrogen) atoms. The number of hydrogen-bond donors (Lipinski definition) is 0. The van der Waals surface area contributed by atoms with Crippen molar-refractivity contribution in [1.29, 1.82) is 0 Å². The molecule has 0 N–H and O–H groups in total. The van der Waals surface area contributed by atoms with E-state index in [1.807, 2.05) is 41.0 Å². The molecule has 1 aromatic carbocycles. The second-order valence-electron chi connectivity index (χ2n) is 4.30. The minimum atomic E-state index is 0.851. The Balaban J connectivity index is 2.22. The van der Waals surface area contributed by atoms with E-state index >= 15 is 0 Å². The van der Waals surface area contributed by atoms with Crippen molar-refractivity contribution in [2.45, 2.75) is 6.92 Å². The molecule has 0 aliphatic rings. The van der Waals surface area contributed by atoms with Gasteiger partial charge in [0.15, 0.2) is 0 Å². The minimum Gasteiger partial charge on any atom is -0.496 e. The fourth-order valence-electron chi connectivity index (χ4n) is 2.09. The monoisotopic (exact) mass is 238 g/mol. The lowest BCUT2D eigenvalue weighted by Crippen LogP contribution is -1.90. The van der Waals surface area contributed by atoms with E-state index in [-0.39, 0.29) is 0 Å². The largest absolute Gasteiger partial charge is 0.496 e. The maximum Gasteiger partial charge on any atom is 0.128 e. The second-order valence-corrected chi connectivity index (χ2v) is 4.30. The highest BCUT2D eigenvalue weighted by Gasteiger charge is 2.09. The molecule has 0 saturated carbocycles. The number of aryl methyl sites for hydroxylation is 1. The van der Waals surface area contributed by atoms with Gasteiger partial charge >= 0.3 is 0 Å². The lowest BCUT2D eigenvalue weighted by molar-refractivity contribution is 0.416. The van der Waals surface area contributed by atoms with Gasteiger partial charge in [-0.1, -0.05) is 17.7 Å². The van der Waals surface area contributed by atoms with E-state index in [4.69, 9.17) is 4.74 Å². The Labute approximate surface area is 106 Å². The van der Waals surface area contributed by atoms with Crippen LogP contribution in [0.2, 0.25) is 0 Å². The predicted octanol–water partition coefficient (Wildman–Crippen LogP) is 3.32. The van der Waals surface area contributed by atoms with Gasteiger partial charge in [0.2, 0.25) is 0 Å². The highest BCUT2D eigenvalue weighted by molar-refractivity contribution is 5.72. The molecule has 3 nitrogen and oxygen atoms in total. The molecule has 0 atom stereocenters. The number of methoxy groups -OCH3 is 1. The van der Waals surface area contributed by atoms with Gasteiger partial charge in [0, 0.05) is 11.8 Å². The van der Waals surface area contributed by atoms with Gasteiger partial charge in [-0.05, 0) is 37.3 Å². The van der Waals surface area contributed by atoms with Crippen molar-refractivity contribution in [2.24, 2.45) is 0 Å². The van der Waals surface area contributed by atoms with Crippen molar-refractivity contribution in [1.82, 2.24) is 9.61 Å². The number of ether oxygens (including phenoxy) is 1. The number of fused-ring (bicyclic) bond motifs is 1. The highest BCUT2D eigenvalue weighted by atomic mass is 16.5. The van der Waals surface area contributed by atoms with Crippen LogP contribution in [0.25, 0.3) is 16.8 Å². The molecule has 0 radical (unpaired) electrons. The molecule has 0 bridgehead atoms. The van der Waals surface area contributed by atoms with Crippen LogP contribution in [0.3, 0.4) is 0 Å². The summed E-state index contributed by atoms with van der Waals surface area (Å²) in [4.78, 5) is 0. The van der Waals surface area contributed by atoms with Crippen LogP contribution in [0, 0.1) is 6.92 Å². The first kappa shape index (κ1) is 10.8. The van der Waals surface area contributed by atoms with Gasteiger partial charge in [0.1, 0.15) is 5.75 Å². The maximum atomic E-state index is 5.40. The zero-order valence-electron chi connectivity index (χ0n) is 10.4. The first-order valence-corrected chi connectivity index (χ1v) is 5.87. The molecule has 2 aromatic heterocycles. The molecule has 0 saturated heterocycles. The topological polar surface area (TPSA) is 26.5 Å². The fraction of sp³-hybridized carbons (Fsp3) is 0.133. The molecule has 0 aliphatic heterocycles. The summed E-state index contributed by atoms with van der Waals surface area (Å²) >= 11 is 0. The average molecular weight is 238 g/mol. The van der Waals surface area contributed by atoms with E-state index < -0.39 is 0 Å². The number of benzene rings is 1. The molecule has 2 heterocycles. The smallest absolute Gasteiger partial charge is 0.128 e. The van der Waals surface area contributed by atoms with Gasteiger partial charge < -0.3 is 4.74 Å². The fourth-order valence-corrected chi connectivity index (χ4v) is 2.09. The van der Waals surface area contributed by atoms with Gasteiger partial charge in [0.25, 0.3) is 0 Å². The number of nitrogens with zero attached hydrogens (tertiary/aromatic N) is 2. The van der Waals surface area contributed by atoms with Crippen molar-refractivity contribution in [2.75, 3.05) is 7.11 Å². The lowest BCUT2D eigenvalue weighted by atomic mass is 10.1. The maximum absolute atomic E-state index is 5.40. The minimum absolute atomic E-state index is 0.851. The van der Waals surface area contributed by atoms with Crippen LogP contribution in [-0.2, 0) is 0 Å². The first-order chi connectivity index (χ1) is 8.78. The van der Waals surface area contributed by atoms with E-state index in [0.29, 0.717) is 0 Å². The first-order valence-electron chi connectivity index (χ1n) is 5.87. The van der Waals surface area contributed by atoms with Crippen LogP contribution < -0.4 is 4.74 Å².